The fraction of sp³-hybridized carbons (Fsp3) is 0.222. The van der Waals surface area contributed by atoms with Crippen molar-refractivity contribution in [3.8, 4) is 5.75 Å². The zero-order chi connectivity index (χ0) is 17.0. The molecule has 0 aliphatic carbocycles. The summed E-state index contributed by atoms with van der Waals surface area (Å²) >= 11 is 0. The average Bonchev–Trinajstić information content (AvgIpc) is 2.52. The maximum atomic E-state index is 12.3. The van der Waals surface area contributed by atoms with Crippen LogP contribution in [-0.2, 0) is 5.41 Å². The zero-order valence-corrected chi connectivity index (χ0v) is 13.4. The van der Waals surface area contributed by atoms with E-state index in [-0.39, 0.29) is 16.7 Å². The van der Waals surface area contributed by atoms with E-state index in [1.54, 1.807) is 24.3 Å². The molecular weight excluding hydrogens is 292 g/mol. The summed E-state index contributed by atoms with van der Waals surface area (Å²) < 4.78 is 0. The largest absolute Gasteiger partial charge is 0.507 e. The fourth-order valence-corrected chi connectivity index (χ4v) is 2.25. The molecule has 0 atom stereocenters. The van der Waals surface area contributed by atoms with Gasteiger partial charge in [-0.1, -0.05) is 51.1 Å². The zero-order valence-electron chi connectivity index (χ0n) is 13.4. The van der Waals surface area contributed by atoms with Crippen molar-refractivity contribution in [3.63, 3.8) is 0 Å². The first-order valence-electron chi connectivity index (χ1n) is 7.29. The van der Waals surface area contributed by atoms with Crippen LogP contribution in [0.5, 0.6) is 5.75 Å². The van der Waals surface area contributed by atoms with Crippen molar-refractivity contribution in [1.29, 1.82) is 0 Å². The van der Waals surface area contributed by atoms with E-state index in [1.165, 1.54) is 12.1 Å². The molecule has 2 aromatic carbocycles. The van der Waals surface area contributed by atoms with Gasteiger partial charge in [-0.25, -0.2) is 0 Å². The minimum atomic E-state index is -0.579. The molecule has 0 heterocycles. The molecule has 0 aliphatic rings. The summed E-state index contributed by atoms with van der Waals surface area (Å²) in [5, 5.41) is 9.64. The number of amides is 2. The summed E-state index contributed by atoms with van der Waals surface area (Å²) in [7, 11) is 0. The van der Waals surface area contributed by atoms with Gasteiger partial charge in [0, 0.05) is 5.56 Å². The highest BCUT2D eigenvalue weighted by molar-refractivity contribution is 6.01. The summed E-state index contributed by atoms with van der Waals surface area (Å²) in [6.07, 6.45) is 0. The predicted molar refractivity (Wildman–Crippen MR) is 88.2 cm³/mol. The minimum absolute atomic E-state index is 0.0944. The van der Waals surface area contributed by atoms with Gasteiger partial charge in [-0.3, -0.25) is 20.4 Å². The molecular formula is C18H20N2O3. The first kappa shape index (κ1) is 16.5. The van der Waals surface area contributed by atoms with E-state index in [9.17, 15) is 14.7 Å². The molecule has 0 aliphatic heterocycles. The van der Waals surface area contributed by atoms with E-state index in [0.717, 1.165) is 5.56 Å². The highest BCUT2D eigenvalue weighted by Crippen LogP contribution is 2.25. The second-order valence-corrected chi connectivity index (χ2v) is 6.22. The first-order chi connectivity index (χ1) is 10.8. The quantitative estimate of drug-likeness (QED) is 0.746. The number of carbonyl (C=O) groups excluding carboxylic acids is 2. The Hall–Kier alpha value is -2.82. The second kappa shape index (κ2) is 6.52. The number of nitrogens with one attached hydrogen (secondary N) is 2. The van der Waals surface area contributed by atoms with Crippen LogP contribution in [0.15, 0.2) is 48.5 Å². The highest BCUT2D eigenvalue weighted by Gasteiger charge is 2.21. The molecule has 0 unspecified atom stereocenters. The van der Waals surface area contributed by atoms with Crippen molar-refractivity contribution < 1.29 is 14.7 Å². The van der Waals surface area contributed by atoms with Gasteiger partial charge >= 0.3 is 0 Å². The Bertz CT molecular complexity index is 733. The van der Waals surface area contributed by atoms with Gasteiger partial charge in [0.1, 0.15) is 5.75 Å². The van der Waals surface area contributed by atoms with E-state index in [2.05, 4.69) is 10.9 Å². The molecule has 5 heteroatoms. The number of phenols is 1. The normalized spacial score (nSPS) is 10.9. The molecule has 0 saturated carbocycles. The monoisotopic (exact) mass is 312 g/mol. The van der Waals surface area contributed by atoms with Crippen LogP contribution in [0, 0.1) is 0 Å². The van der Waals surface area contributed by atoms with Crippen LogP contribution in [-0.4, -0.2) is 16.9 Å². The predicted octanol–water partition coefficient (Wildman–Crippen LogP) is 2.76. The van der Waals surface area contributed by atoms with Crippen molar-refractivity contribution in [2.24, 2.45) is 0 Å². The Morgan fingerprint density at radius 1 is 0.826 bits per heavy atom. The lowest BCUT2D eigenvalue weighted by Gasteiger charge is -2.22. The first-order valence-corrected chi connectivity index (χ1v) is 7.29. The highest BCUT2D eigenvalue weighted by atomic mass is 16.3. The lowest BCUT2D eigenvalue weighted by molar-refractivity contribution is 0.0844. The molecule has 3 N–H and O–H groups in total. The van der Waals surface area contributed by atoms with Gasteiger partial charge in [0.2, 0.25) is 0 Å². The molecule has 5 nitrogen and oxygen atoms in total. The van der Waals surface area contributed by atoms with Gasteiger partial charge in [0.25, 0.3) is 11.8 Å². The lowest BCUT2D eigenvalue weighted by atomic mass is 9.83. The average molecular weight is 312 g/mol. The molecule has 0 saturated heterocycles. The number of aromatic hydroxyl groups is 1. The van der Waals surface area contributed by atoms with Gasteiger partial charge < -0.3 is 5.11 Å². The Balaban J connectivity index is 2.12. The van der Waals surface area contributed by atoms with E-state index >= 15 is 0 Å². The molecule has 2 rings (SSSR count). The molecule has 23 heavy (non-hydrogen) atoms. The molecule has 0 radical (unpaired) electrons. The standard InChI is InChI=1S/C18H20N2O3/c1-18(2,3)14-10-6-4-8-12(14)16(22)19-20-17(23)13-9-5-7-11-15(13)21/h4-11,21H,1-3H3,(H,19,22)(H,20,23). The molecule has 0 spiro atoms. The molecule has 0 aromatic heterocycles. The van der Waals surface area contributed by atoms with Gasteiger partial charge in [-0.05, 0) is 29.2 Å². The number of hydrogen-bond acceptors (Lipinski definition) is 3. The van der Waals surface area contributed by atoms with E-state index in [0.29, 0.717) is 5.56 Å². The second-order valence-electron chi connectivity index (χ2n) is 6.22. The number of benzene rings is 2. The van der Waals surface area contributed by atoms with Crippen LogP contribution in [0.3, 0.4) is 0 Å². The third kappa shape index (κ3) is 3.88. The minimum Gasteiger partial charge on any atom is -0.507 e. The lowest BCUT2D eigenvalue weighted by Crippen LogP contribution is -2.42. The molecule has 0 fully saturated rings. The van der Waals surface area contributed by atoms with E-state index < -0.39 is 11.8 Å². The Labute approximate surface area is 135 Å². The Kier molecular flexibility index (Phi) is 4.69. The number of rotatable bonds is 2. The van der Waals surface area contributed by atoms with Crippen molar-refractivity contribution in [3.05, 3.63) is 65.2 Å². The molecule has 2 amide bonds. The number of hydrazine groups is 1. The number of carbonyl (C=O) groups is 2. The Morgan fingerprint density at radius 2 is 1.30 bits per heavy atom. The van der Waals surface area contributed by atoms with Crippen LogP contribution in [0.25, 0.3) is 0 Å². The topological polar surface area (TPSA) is 78.4 Å². The fourth-order valence-electron chi connectivity index (χ4n) is 2.25. The van der Waals surface area contributed by atoms with Gasteiger partial charge in [0.15, 0.2) is 0 Å². The summed E-state index contributed by atoms with van der Waals surface area (Å²) in [6.45, 7) is 6.04. The van der Waals surface area contributed by atoms with Gasteiger partial charge in [-0.15, -0.1) is 0 Å². The molecule has 120 valence electrons. The van der Waals surface area contributed by atoms with Crippen LogP contribution in [0.2, 0.25) is 0 Å². The van der Waals surface area contributed by atoms with Crippen molar-refractivity contribution in [2.45, 2.75) is 26.2 Å². The summed E-state index contributed by atoms with van der Waals surface area (Å²) in [4.78, 5) is 24.3. The number of phenolic OH excluding ortho intramolecular Hbond substituents is 1. The van der Waals surface area contributed by atoms with Crippen LogP contribution >= 0.6 is 0 Å². The third-order valence-corrected chi connectivity index (χ3v) is 3.42. The van der Waals surface area contributed by atoms with E-state index in [1.807, 2.05) is 32.9 Å². The smallest absolute Gasteiger partial charge is 0.273 e. The SMILES string of the molecule is CC(C)(C)c1ccccc1C(=O)NNC(=O)c1ccccc1O. The number of para-hydroxylation sites is 1. The van der Waals surface area contributed by atoms with Gasteiger partial charge in [-0.2, -0.15) is 0 Å². The van der Waals surface area contributed by atoms with Crippen LogP contribution in [0.4, 0.5) is 0 Å². The van der Waals surface area contributed by atoms with Crippen molar-refractivity contribution in [2.75, 3.05) is 0 Å². The Morgan fingerprint density at radius 3 is 1.87 bits per heavy atom. The van der Waals surface area contributed by atoms with E-state index in [4.69, 9.17) is 0 Å². The maximum absolute atomic E-state index is 12.3. The summed E-state index contributed by atoms with van der Waals surface area (Å²) in [5.74, 6) is -1.13. The summed E-state index contributed by atoms with van der Waals surface area (Å²) in [5.41, 5.74) is 5.98. The number of hydrogen-bond donors (Lipinski definition) is 3. The van der Waals surface area contributed by atoms with Gasteiger partial charge in [0.05, 0.1) is 5.56 Å². The van der Waals surface area contributed by atoms with Crippen LogP contribution in [0.1, 0.15) is 47.1 Å². The van der Waals surface area contributed by atoms with Crippen molar-refractivity contribution in [1.82, 2.24) is 10.9 Å². The van der Waals surface area contributed by atoms with Crippen LogP contribution < -0.4 is 10.9 Å². The molecule has 2 aromatic rings. The maximum Gasteiger partial charge on any atom is 0.273 e. The summed E-state index contributed by atoms with van der Waals surface area (Å²) in [6, 6.07) is 13.4. The van der Waals surface area contributed by atoms with Crippen molar-refractivity contribution >= 4 is 11.8 Å². The molecule has 0 bridgehead atoms. The third-order valence-electron chi connectivity index (χ3n) is 3.42.